The van der Waals surface area contributed by atoms with Crippen LogP contribution in [0.5, 0.6) is 11.5 Å². The van der Waals surface area contributed by atoms with Crippen LogP contribution in [0.2, 0.25) is 5.02 Å². The lowest BCUT2D eigenvalue weighted by Crippen LogP contribution is -2.36. The van der Waals surface area contributed by atoms with Gasteiger partial charge in [-0.3, -0.25) is 9.59 Å². The highest BCUT2D eigenvalue weighted by molar-refractivity contribution is 6.31. The van der Waals surface area contributed by atoms with E-state index in [0.717, 1.165) is 24.8 Å². The summed E-state index contributed by atoms with van der Waals surface area (Å²) in [6.45, 7) is 1.42. The number of hydrogen-bond donors (Lipinski definition) is 1. The van der Waals surface area contributed by atoms with Gasteiger partial charge in [0.05, 0.1) is 31.9 Å². The second kappa shape index (κ2) is 9.65. The Morgan fingerprint density at radius 1 is 1.03 bits per heavy atom. The highest BCUT2D eigenvalue weighted by Gasteiger charge is 2.24. The Bertz CT molecular complexity index is 894. The van der Waals surface area contributed by atoms with Crippen LogP contribution in [-0.4, -0.2) is 44.0 Å². The Morgan fingerprint density at radius 3 is 2.34 bits per heavy atom. The smallest absolute Gasteiger partial charge is 0.256 e. The first-order valence-corrected chi connectivity index (χ1v) is 10.00. The Kier molecular flexibility index (Phi) is 6.99. The Hall–Kier alpha value is -2.73. The van der Waals surface area contributed by atoms with Crippen LogP contribution in [0.1, 0.15) is 35.2 Å². The Labute approximate surface area is 175 Å². The van der Waals surface area contributed by atoms with E-state index in [9.17, 15) is 9.59 Å². The summed E-state index contributed by atoms with van der Waals surface area (Å²) in [5.41, 5.74) is 1.50. The maximum Gasteiger partial charge on any atom is 0.256 e. The van der Waals surface area contributed by atoms with Gasteiger partial charge in [-0.15, -0.1) is 0 Å². The summed E-state index contributed by atoms with van der Waals surface area (Å²) in [6.07, 6.45) is 3.18. The number of likely N-dealkylation sites (tertiary alicyclic amines) is 1. The molecule has 1 fully saturated rings. The number of halogens is 1. The van der Waals surface area contributed by atoms with Crippen LogP contribution in [0, 0.1) is 0 Å². The quantitative estimate of drug-likeness (QED) is 0.767. The van der Waals surface area contributed by atoms with E-state index in [-0.39, 0.29) is 18.2 Å². The van der Waals surface area contributed by atoms with Crippen LogP contribution >= 0.6 is 11.6 Å². The van der Waals surface area contributed by atoms with E-state index in [0.29, 0.717) is 40.9 Å². The molecular formula is C22H25ClN2O4. The summed E-state index contributed by atoms with van der Waals surface area (Å²) in [5, 5.41) is 3.38. The van der Waals surface area contributed by atoms with Crippen molar-refractivity contribution >= 4 is 29.1 Å². The SMILES string of the molecule is COc1cc(NC(=O)Cc2ccccc2Cl)c(C(=O)N2CCCCC2)cc1OC. The number of ether oxygens (including phenoxy) is 2. The van der Waals surface area contributed by atoms with E-state index in [1.807, 2.05) is 17.0 Å². The second-order valence-corrected chi connectivity index (χ2v) is 7.33. The minimum Gasteiger partial charge on any atom is -0.493 e. The molecule has 0 spiro atoms. The molecule has 0 radical (unpaired) electrons. The molecule has 2 amide bonds. The van der Waals surface area contributed by atoms with Crippen LogP contribution in [0.4, 0.5) is 5.69 Å². The number of nitrogens with one attached hydrogen (secondary N) is 1. The lowest BCUT2D eigenvalue weighted by molar-refractivity contribution is -0.115. The van der Waals surface area contributed by atoms with Gasteiger partial charge in [-0.05, 0) is 37.0 Å². The molecule has 2 aromatic carbocycles. The molecule has 154 valence electrons. The van der Waals surface area contributed by atoms with Gasteiger partial charge in [0.15, 0.2) is 11.5 Å². The number of piperidine rings is 1. The van der Waals surface area contributed by atoms with Gasteiger partial charge >= 0.3 is 0 Å². The lowest BCUT2D eigenvalue weighted by Gasteiger charge is -2.28. The molecule has 0 atom stereocenters. The topological polar surface area (TPSA) is 67.9 Å². The summed E-state index contributed by atoms with van der Waals surface area (Å²) in [7, 11) is 3.03. The zero-order valence-electron chi connectivity index (χ0n) is 16.7. The standard InChI is InChI=1S/C22H25ClN2O4/c1-28-19-13-16(22(27)25-10-6-3-7-11-25)18(14-20(19)29-2)24-21(26)12-15-8-4-5-9-17(15)23/h4-5,8-9,13-14H,3,6-7,10-12H2,1-2H3,(H,24,26). The fourth-order valence-electron chi connectivity index (χ4n) is 3.44. The molecule has 0 bridgehead atoms. The van der Waals surface area contributed by atoms with Gasteiger partial charge in [-0.1, -0.05) is 29.8 Å². The summed E-state index contributed by atoms with van der Waals surface area (Å²) in [6, 6.07) is 10.4. The van der Waals surface area contributed by atoms with Crippen LogP contribution < -0.4 is 14.8 Å². The number of carbonyl (C=O) groups excluding carboxylic acids is 2. The Morgan fingerprint density at radius 2 is 1.69 bits per heavy atom. The third-order valence-electron chi connectivity index (χ3n) is 4.98. The zero-order valence-corrected chi connectivity index (χ0v) is 17.4. The number of benzene rings is 2. The molecule has 1 heterocycles. The largest absolute Gasteiger partial charge is 0.493 e. The van der Waals surface area contributed by atoms with Gasteiger partial charge in [0.2, 0.25) is 5.91 Å². The van der Waals surface area contributed by atoms with E-state index in [2.05, 4.69) is 5.32 Å². The van der Waals surface area contributed by atoms with Crippen molar-refractivity contribution in [2.45, 2.75) is 25.7 Å². The molecule has 1 N–H and O–H groups in total. The number of nitrogens with zero attached hydrogens (tertiary/aromatic N) is 1. The normalized spacial score (nSPS) is 13.7. The van der Waals surface area contributed by atoms with Crippen molar-refractivity contribution in [3.8, 4) is 11.5 Å². The fourth-order valence-corrected chi connectivity index (χ4v) is 3.64. The summed E-state index contributed by atoms with van der Waals surface area (Å²) in [4.78, 5) is 27.6. The van der Waals surface area contributed by atoms with Crippen LogP contribution in [0.3, 0.4) is 0 Å². The molecule has 0 aliphatic carbocycles. The third kappa shape index (κ3) is 5.01. The molecule has 1 saturated heterocycles. The Balaban J connectivity index is 1.89. The molecule has 6 nitrogen and oxygen atoms in total. The average Bonchev–Trinajstić information content (AvgIpc) is 2.75. The molecule has 29 heavy (non-hydrogen) atoms. The first kappa shape index (κ1) is 21.0. The number of carbonyl (C=O) groups is 2. The average molecular weight is 417 g/mol. The molecule has 3 rings (SSSR count). The second-order valence-electron chi connectivity index (χ2n) is 6.92. The monoisotopic (exact) mass is 416 g/mol. The predicted octanol–water partition coefficient (Wildman–Crippen LogP) is 4.16. The molecule has 1 aliphatic heterocycles. The van der Waals surface area contributed by atoms with Gasteiger partial charge in [0.25, 0.3) is 5.91 Å². The molecule has 0 aromatic heterocycles. The summed E-state index contributed by atoms with van der Waals surface area (Å²) >= 11 is 6.16. The van der Waals surface area contributed by atoms with E-state index < -0.39 is 0 Å². The molecule has 7 heteroatoms. The molecule has 2 aromatic rings. The fraction of sp³-hybridized carbons (Fsp3) is 0.364. The number of rotatable bonds is 6. The van der Waals surface area contributed by atoms with Gasteiger partial charge in [-0.2, -0.15) is 0 Å². The number of hydrogen-bond acceptors (Lipinski definition) is 4. The minimum absolute atomic E-state index is 0.103. The van der Waals surface area contributed by atoms with E-state index in [1.165, 1.54) is 14.2 Å². The van der Waals surface area contributed by atoms with Crippen LogP contribution in [0.25, 0.3) is 0 Å². The van der Waals surface area contributed by atoms with Crippen molar-refractivity contribution in [3.63, 3.8) is 0 Å². The predicted molar refractivity (Wildman–Crippen MR) is 113 cm³/mol. The minimum atomic E-state index is -0.266. The molecule has 1 aliphatic rings. The summed E-state index contributed by atoms with van der Waals surface area (Å²) < 4.78 is 10.7. The van der Waals surface area contributed by atoms with E-state index >= 15 is 0 Å². The van der Waals surface area contributed by atoms with Crippen molar-refractivity contribution in [1.82, 2.24) is 4.90 Å². The van der Waals surface area contributed by atoms with Crippen molar-refractivity contribution in [3.05, 3.63) is 52.5 Å². The first-order valence-electron chi connectivity index (χ1n) is 9.62. The van der Waals surface area contributed by atoms with Gasteiger partial charge in [0.1, 0.15) is 0 Å². The van der Waals surface area contributed by atoms with Crippen molar-refractivity contribution in [2.75, 3.05) is 32.6 Å². The summed E-state index contributed by atoms with van der Waals surface area (Å²) in [5.74, 6) is 0.490. The third-order valence-corrected chi connectivity index (χ3v) is 5.35. The number of methoxy groups -OCH3 is 2. The van der Waals surface area contributed by atoms with Crippen molar-refractivity contribution < 1.29 is 19.1 Å². The van der Waals surface area contributed by atoms with Gasteiger partial charge in [0, 0.05) is 24.2 Å². The number of amides is 2. The maximum absolute atomic E-state index is 13.1. The zero-order chi connectivity index (χ0) is 20.8. The van der Waals surface area contributed by atoms with Crippen LogP contribution in [-0.2, 0) is 11.2 Å². The van der Waals surface area contributed by atoms with Gasteiger partial charge < -0.3 is 19.7 Å². The van der Waals surface area contributed by atoms with Crippen molar-refractivity contribution in [1.29, 1.82) is 0 Å². The number of anilines is 1. The molecule has 0 saturated carbocycles. The highest BCUT2D eigenvalue weighted by atomic mass is 35.5. The van der Waals surface area contributed by atoms with E-state index in [4.69, 9.17) is 21.1 Å². The van der Waals surface area contributed by atoms with Gasteiger partial charge in [-0.25, -0.2) is 0 Å². The maximum atomic E-state index is 13.1. The highest BCUT2D eigenvalue weighted by Crippen LogP contribution is 2.34. The van der Waals surface area contributed by atoms with E-state index in [1.54, 1.807) is 24.3 Å². The lowest BCUT2D eigenvalue weighted by atomic mass is 10.1. The molecule has 0 unspecified atom stereocenters. The first-order chi connectivity index (χ1) is 14.0. The molecular weight excluding hydrogens is 392 g/mol. The van der Waals surface area contributed by atoms with Crippen LogP contribution in [0.15, 0.2) is 36.4 Å². The van der Waals surface area contributed by atoms with Crippen molar-refractivity contribution in [2.24, 2.45) is 0 Å².